The van der Waals surface area contributed by atoms with Gasteiger partial charge in [-0.05, 0) is 30.8 Å². The predicted molar refractivity (Wildman–Crippen MR) is 88.5 cm³/mol. The zero-order valence-corrected chi connectivity index (χ0v) is 14.6. The van der Waals surface area contributed by atoms with Gasteiger partial charge < -0.3 is 4.52 Å². The van der Waals surface area contributed by atoms with Crippen molar-refractivity contribution in [2.45, 2.75) is 31.8 Å². The number of nitrogens with one attached hydrogen (secondary N) is 1. The van der Waals surface area contributed by atoms with Crippen LogP contribution in [0.2, 0.25) is 0 Å². The van der Waals surface area contributed by atoms with Crippen molar-refractivity contribution in [3.05, 3.63) is 23.4 Å². The summed E-state index contributed by atoms with van der Waals surface area (Å²) < 4.78 is 30.6. The minimum atomic E-state index is -3.17. The first kappa shape index (κ1) is 16.6. The van der Waals surface area contributed by atoms with Crippen LogP contribution in [0.3, 0.4) is 0 Å². The van der Waals surface area contributed by atoms with Crippen LogP contribution in [-0.2, 0) is 16.6 Å². The molecule has 9 heteroatoms. The first-order valence-electron chi connectivity index (χ1n) is 7.56. The van der Waals surface area contributed by atoms with Crippen molar-refractivity contribution in [3.63, 3.8) is 0 Å². The topological polar surface area (TPSA) is 88.3 Å². The average molecular weight is 356 g/mol. The molecular formula is C14H20N4O3S2. The largest absolute Gasteiger partial charge is 0.338 e. The summed E-state index contributed by atoms with van der Waals surface area (Å²) in [5.74, 6) is 1.18. The highest BCUT2D eigenvalue weighted by Crippen LogP contribution is 2.23. The van der Waals surface area contributed by atoms with E-state index in [1.54, 1.807) is 11.3 Å². The number of hydrogen-bond donors (Lipinski definition) is 1. The molecule has 126 valence electrons. The zero-order chi connectivity index (χ0) is 16.3. The zero-order valence-electron chi connectivity index (χ0n) is 12.9. The molecule has 1 aliphatic heterocycles. The van der Waals surface area contributed by atoms with Gasteiger partial charge in [0.05, 0.1) is 17.7 Å². The van der Waals surface area contributed by atoms with E-state index in [2.05, 4.69) is 19.8 Å². The summed E-state index contributed by atoms with van der Waals surface area (Å²) in [4.78, 5) is 7.64. The van der Waals surface area contributed by atoms with E-state index in [1.807, 2.05) is 17.5 Å². The maximum Gasteiger partial charge on any atom is 0.241 e. The Bertz CT molecular complexity index is 727. The first-order chi connectivity index (χ1) is 11.0. The fraction of sp³-hybridized carbons (Fsp3) is 0.571. The molecule has 1 atom stereocenters. The fourth-order valence-corrected chi connectivity index (χ4v) is 3.89. The van der Waals surface area contributed by atoms with Crippen LogP contribution in [-0.4, -0.2) is 48.8 Å². The minimum absolute atomic E-state index is 0.163. The van der Waals surface area contributed by atoms with Crippen molar-refractivity contribution in [3.8, 4) is 10.7 Å². The summed E-state index contributed by atoms with van der Waals surface area (Å²) in [7, 11) is -3.17. The van der Waals surface area contributed by atoms with Gasteiger partial charge in [0.2, 0.25) is 21.7 Å². The molecule has 2 aromatic rings. The van der Waals surface area contributed by atoms with Crippen molar-refractivity contribution >= 4 is 21.4 Å². The number of likely N-dealkylation sites (tertiary alicyclic amines) is 1. The van der Waals surface area contributed by atoms with Crippen LogP contribution in [0.25, 0.3) is 10.7 Å². The van der Waals surface area contributed by atoms with Gasteiger partial charge in [-0.2, -0.15) is 4.98 Å². The van der Waals surface area contributed by atoms with Gasteiger partial charge in [0.25, 0.3) is 0 Å². The van der Waals surface area contributed by atoms with Gasteiger partial charge in [0, 0.05) is 12.6 Å². The second-order valence-electron chi connectivity index (χ2n) is 5.73. The molecular weight excluding hydrogens is 336 g/mol. The lowest BCUT2D eigenvalue weighted by molar-refractivity contribution is 0.125. The Morgan fingerprint density at radius 2 is 2.35 bits per heavy atom. The summed E-state index contributed by atoms with van der Waals surface area (Å²) in [5, 5.41) is 6.00. The highest BCUT2D eigenvalue weighted by atomic mass is 32.2. The molecule has 0 amide bonds. The van der Waals surface area contributed by atoms with Crippen molar-refractivity contribution in [2.75, 3.05) is 19.3 Å². The summed E-state index contributed by atoms with van der Waals surface area (Å²) >= 11 is 1.57. The molecule has 2 aromatic heterocycles. The van der Waals surface area contributed by atoms with E-state index in [9.17, 15) is 8.42 Å². The molecule has 3 heterocycles. The van der Waals surface area contributed by atoms with Gasteiger partial charge >= 0.3 is 0 Å². The predicted octanol–water partition coefficient (Wildman–Crippen LogP) is 1.70. The number of rotatable bonds is 6. The first-order valence-corrected chi connectivity index (χ1v) is 10.3. The van der Waals surface area contributed by atoms with Gasteiger partial charge in [-0.1, -0.05) is 17.6 Å². The molecule has 23 heavy (non-hydrogen) atoms. The lowest BCUT2D eigenvalue weighted by Gasteiger charge is -2.34. The lowest BCUT2D eigenvalue weighted by atomic mass is 10.0. The Morgan fingerprint density at radius 1 is 1.48 bits per heavy atom. The second kappa shape index (κ2) is 7.08. The Morgan fingerprint density at radius 3 is 3.09 bits per heavy atom. The Labute approximate surface area is 139 Å². The maximum absolute atomic E-state index is 11.3. The monoisotopic (exact) mass is 356 g/mol. The van der Waals surface area contributed by atoms with Crippen molar-refractivity contribution in [1.82, 2.24) is 19.8 Å². The van der Waals surface area contributed by atoms with E-state index in [0.717, 1.165) is 30.7 Å². The molecule has 1 fully saturated rings. The highest BCUT2D eigenvalue weighted by molar-refractivity contribution is 7.88. The molecule has 0 radical (unpaired) electrons. The molecule has 1 saturated heterocycles. The van der Waals surface area contributed by atoms with E-state index in [4.69, 9.17) is 4.52 Å². The number of thiophene rings is 1. The Kier molecular flexibility index (Phi) is 5.10. The molecule has 0 saturated carbocycles. The van der Waals surface area contributed by atoms with E-state index in [0.29, 0.717) is 24.8 Å². The van der Waals surface area contributed by atoms with Crippen LogP contribution in [0.1, 0.15) is 25.2 Å². The van der Waals surface area contributed by atoms with Crippen LogP contribution in [0.4, 0.5) is 0 Å². The lowest BCUT2D eigenvalue weighted by Crippen LogP contribution is -2.46. The molecule has 1 unspecified atom stereocenters. The fourth-order valence-electron chi connectivity index (χ4n) is 2.75. The van der Waals surface area contributed by atoms with Crippen molar-refractivity contribution in [1.29, 1.82) is 0 Å². The van der Waals surface area contributed by atoms with Gasteiger partial charge in [-0.3, -0.25) is 4.90 Å². The van der Waals surface area contributed by atoms with Crippen LogP contribution < -0.4 is 4.72 Å². The van der Waals surface area contributed by atoms with E-state index in [1.165, 1.54) is 6.26 Å². The number of aromatic nitrogens is 2. The van der Waals surface area contributed by atoms with Crippen LogP contribution in [0, 0.1) is 0 Å². The van der Waals surface area contributed by atoms with E-state index < -0.39 is 10.0 Å². The standard InChI is InChI=1S/C14H20N4O3S2/c1-23(19,20)15-9-11-5-2-3-7-18(11)10-13-16-14(17-21-13)12-6-4-8-22-12/h4,6,8,11,15H,2-3,5,7,9-10H2,1H3. The molecule has 1 N–H and O–H groups in total. The SMILES string of the molecule is CS(=O)(=O)NCC1CCCCN1Cc1nc(-c2cccs2)no1. The molecule has 0 spiro atoms. The smallest absolute Gasteiger partial charge is 0.241 e. The Balaban J connectivity index is 1.65. The third-order valence-corrected chi connectivity index (χ3v) is 5.44. The van der Waals surface area contributed by atoms with Gasteiger partial charge in [0.1, 0.15) is 0 Å². The average Bonchev–Trinajstić information content (AvgIpc) is 3.16. The molecule has 0 aromatic carbocycles. The number of nitrogens with zero attached hydrogens (tertiary/aromatic N) is 3. The van der Waals surface area contributed by atoms with E-state index in [-0.39, 0.29) is 6.04 Å². The maximum atomic E-state index is 11.3. The van der Waals surface area contributed by atoms with Crippen molar-refractivity contribution in [2.24, 2.45) is 0 Å². The minimum Gasteiger partial charge on any atom is -0.338 e. The van der Waals surface area contributed by atoms with Gasteiger partial charge in [0.15, 0.2) is 0 Å². The molecule has 7 nitrogen and oxygen atoms in total. The molecule has 3 rings (SSSR count). The van der Waals surface area contributed by atoms with Crippen LogP contribution >= 0.6 is 11.3 Å². The number of hydrogen-bond acceptors (Lipinski definition) is 7. The highest BCUT2D eigenvalue weighted by Gasteiger charge is 2.25. The number of sulfonamides is 1. The quantitative estimate of drug-likeness (QED) is 0.847. The van der Waals surface area contributed by atoms with Gasteiger partial charge in [-0.25, -0.2) is 13.1 Å². The third-order valence-electron chi connectivity index (χ3n) is 3.88. The summed E-state index contributed by atoms with van der Waals surface area (Å²) in [6, 6.07) is 4.07. The van der Waals surface area contributed by atoms with Crippen LogP contribution in [0.15, 0.2) is 22.0 Å². The summed E-state index contributed by atoms with van der Waals surface area (Å²) in [6.07, 6.45) is 4.36. The second-order valence-corrected chi connectivity index (χ2v) is 8.51. The summed E-state index contributed by atoms with van der Waals surface area (Å²) in [6.45, 7) is 1.88. The normalized spacial score (nSPS) is 20.0. The van der Waals surface area contributed by atoms with E-state index >= 15 is 0 Å². The molecule has 1 aliphatic rings. The summed E-state index contributed by atoms with van der Waals surface area (Å²) in [5.41, 5.74) is 0. The van der Waals surface area contributed by atoms with Gasteiger partial charge in [-0.15, -0.1) is 11.3 Å². The van der Waals surface area contributed by atoms with Crippen LogP contribution in [0.5, 0.6) is 0 Å². The van der Waals surface area contributed by atoms with Crippen molar-refractivity contribution < 1.29 is 12.9 Å². The molecule has 0 aliphatic carbocycles. The third kappa shape index (κ3) is 4.60. The Hall–Kier alpha value is -1.29. The molecule has 0 bridgehead atoms. The number of piperidine rings is 1.